The van der Waals surface area contributed by atoms with E-state index in [1.54, 1.807) is 12.4 Å². The van der Waals surface area contributed by atoms with Gasteiger partial charge in [0.2, 0.25) is 5.16 Å². The zero-order valence-corrected chi connectivity index (χ0v) is 11.0. The van der Waals surface area contributed by atoms with E-state index in [0.29, 0.717) is 5.16 Å². The molecular weight excluding hydrogens is 278 g/mol. The SMILES string of the molecule is O=C(O)CSc1nnnn1-c1cccc2ccncc12. The Kier molecular flexibility index (Phi) is 3.30. The number of thioether (sulfide) groups is 1. The fraction of sp³-hybridized carbons (Fsp3) is 0.0833. The first-order valence-corrected chi connectivity index (χ1v) is 6.70. The number of fused-ring (bicyclic) bond motifs is 1. The number of tetrazole rings is 1. The summed E-state index contributed by atoms with van der Waals surface area (Å²) in [6, 6.07) is 7.62. The predicted octanol–water partition coefficient (Wildman–Crippen LogP) is 1.39. The van der Waals surface area contributed by atoms with Crippen molar-refractivity contribution in [1.29, 1.82) is 0 Å². The Morgan fingerprint density at radius 2 is 2.25 bits per heavy atom. The van der Waals surface area contributed by atoms with Crippen LogP contribution >= 0.6 is 11.8 Å². The highest BCUT2D eigenvalue weighted by Gasteiger charge is 2.13. The Bertz CT molecular complexity index is 768. The molecular formula is C12H9N5O2S. The van der Waals surface area contributed by atoms with Gasteiger partial charge in [-0.2, -0.15) is 4.68 Å². The van der Waals surface area contributed by atoms with Gasteiger partial charge in [0, 0.05) is 17.8 Å². The van der Waals surface area contributed by atoms with E-state index < -0.39 is 5.97 Å². The maximum atomic E-state index is 10.6. The van der Waals surface area contributed by atoms with E-state index in [0.717, 1.165) is 28.2 Å². The topological polar surface area (TPSA) is 93.8 Å². The number of nitrogens with zero attached hydrogens (tertiary/aromatic N) is 5. The van der Waals surface area contributed by atoms with E-state index in [1.807, 2.05) is 24.3 Å². The summed E-state index contributed by atoms with van der Waals surface area (Å²) < 4.78 is 1.53. The van der Waals surface area contributed by atoms with Crippen LogP contribution in [0, 0.1) is 0 Å². The summed E-state index contributed by atoms with van der Waals surface area (Å²) in [5.74, 6) is -1.01. The first-order chi connectivity index (χ1) is 9.75. The zero-order chi connectivity index (χ0) is 13.9. The molecule has 0 spiro atoms. The van der Waals surface area contributed by atoms with Gasteiger partial charge < -0.3 is 5.11 Å². The molecule has 0 aliphatic heterocycles. The molecule has 0 amide bonds. The second kappa shape index (κ2) is 5.25. The minimum atomic E-state index is -0.913. The number of aromatic nitrogens is 5. The Morgan fingerprint density at radius 3 is 3.10 bits per heavy atom. The molecule has 2 heterocycles. The third-order valence-electron chi connectivity index (χ3n) is 2.65. The molecule has 8 heteroatoms. The highest BCUT2D eigenvalue weighted by molar-refractivity contribution is 7.99. The molecule has 0 fully saturated rings. The number of carboxylic acid groups (broad SMARTS) is 1. The summed E-state index contributed by atoms with van der Waals surface area (Å²) in [6.07, 6.45) is 3.45. The van der Waals surface area contributed by atoms with Gasteiger partial charge in [-0.1, -0.05) is 23.9 Å². The van der Waals surface area contributed by atoms with Crippen LogP contribution in [0.1, 0.15) is 0 Å². The molecule has 0 radical (unpaired) electrons. The van der Waals surface area contributed by atoms with Crippen molar-refractivity contribution in [2.24, 2.45) is 0 Å². The predicted molar refractivity (Wildman–Crippen MR) is 72.8 cm³/mol. The molecule has 1 N–H and O–H groups in total. The monoisotopic (exact) mass is 287 g/mol. The van der Waals surface area contributed by atoms with Gasteiger partial charge in [0.15, 0.2) is 0 Å². The first kappa shape index (κ1) is 12.5. The van der Waals surface area contributed by atoms with Crippen LogP contribution in [-0.2, 0) is 4.79 Å². The average Bonchev–Trinajstić information content (AvgIpc) is 2.92. The van der Waals surface area contributed by atoms with E-state index in [9.17, 15) is 4.79 Å². The highest BCUT2D eigenvalue weighted by atomic mass is 32.2. The van der Waals surface area contributed by atoms with Gasteiger partial charge in [-0.25, -0.2) is 0 Å². The molecule has 7 nitrogen and oxygen atoms in total. The van der Waals surface area contributed by atoms with Gasteiger partial charge in [-0.05, 0) is 27.9 Å². The molecule has 0 saturated heterocycles. The largest absolute Gasteiger partial charge is 0.481 e. The second-order valence-corrected chi connectivity index (χ2v) is 4.87. The van der Waals surface area contributed by atoms with E-state index in [2.05, 4.69) is 20.5 Å². The van der Waals surface area contributed by atoms with Gasteiger partial charge in [0.1, 0.15) is 0 Å². The second-order valence-electron chi connectivity index (χ2n) is 3.93. The Hall–Kier alpha value is -2.48. The number of pyridine rings is 1. The molecule has 0 bridgehead atoms. The number of aliphatic carboxylic acids is 1. The molecule has 3 aromatic rings. The molecule has 1 aromatic carbocycles. The maximum Gasteiger partial charge on any atom is 0.313 e. The van der Waals surface area contributed by atoms with Crippen molar-refractivity contribution in [2.45, 2.75) is 5.16 Å². The third-order valence-corrected chi connectivity index (χ3v) is 3.56. The lowest BCUT2D eigenvalue weighted by Gasteiger charge is -2.06. The molecule has 100 valence electrons. The van der Waals surface area contributed by atoms with Crippen molar-refractivity contribution in [3.63, 3.8) is 0 Å². The van der Waals surface area contributed by atoms with Crippen LogP contribution in [0.25, 0.3) is 16.5 Å². The number of hydrogen-bond acceptors (Lipinski definition) is 6. The maximum absolute atomic E-state index is 10.6. The van der Waals surface area contributed by atoms with Crippen molar-refractivity contribution in [3.05, 3.63) is 36.7 Å². The lowest BCUT2D eigenvalue weighted by molar-refractivity contribution is -0.133. The van der Waals surface area contributed by atoms with Gasteiger partial charge in [0.25, 0.3) is 0 Å². The summed E-state index contributed by atoms with van der Waals surface area (Å²) in [4.78, 5) is 14.8. The number of carbonyl (C=O) groups is 1. The van der Waals surface area contributed by atoms with E-state index >= 15 is 0 Å². The quantitative estimate of drug-likeness (QED) is 0.724. The molecule has 0 atom stereocenters. The van der Waals surface area contributed by atoms with Crippen LogP contribution in [0.4, 0.5) is 0 Å². The molecule has 20 heavy (non-hydrogen) atoms. The van der Waals surface area contributed by atoms with Gasteiger partial charge >= 0.3 is 5.97 Å². The van der Waals surface area contributed by atoms with Crippen molar-refractivity contribution in [1.82, 2.24) is 25.2 Å². The van der Waals surface area contributed by atoms with Crippen molar-refractivity contribution in [2.75, 3.05) is 5.75 Å². The first-order valence-electron chi connectivity index (χ1n) is 5.72. The fourth-order valence-electron chi connectivity index (χ4n) is 1.83. The van der Waals surface area contributed by atoms with Crippen LogP contribution in [0.3, 0.4) is 0 Å². The number of benzene rings is 1. The smallest absolute Gasteiger partial charge is 0.313 e. The lowest BCUT2D eigenvalue weighted by atomic mass is 10.1. The zero-order valence-electron chi connectivity index (χ0n) is 10.2. The molecule has 2 aromatic heterocycles. The van der Waals surface area contributed by atoms with E-state index in [-0.39, 0.29) is 5.75 Å². The third kappa shape index (κ3) is 2.32. The number of carboxylic acids is 1. The van der Waals surface area contributed by atoms with Crippen LogP contribution in [0.15, 0.2) is 41.8 Å². The van der Waals surface area contributed by atoms with E-state index in [4.69, 9.17) is 5.11 Å². The van der Waals surface area contributed by atoms with Crippen LogP contribution < -0.4 is 0 Å². The van der Waals surface area contributed by atoms with E-state index in [1.165, 1.54) is 4.68 Å². The van der Waals surface area contributed by atoms with Gasteiger partial charge in [-0.15, -0.1) is 5.10 Å². The average molecular weight is 287 g/mol. The number of hydrogen-bond donors (Lipinski definition) is 1. The summed E-state index contributed by atoms with van der Waals surface area (Å²) in [5.41, 5.74) is 0.772. The van der Waals surface area contributed by atoms with Crippen molar-refractivity contribution in [3.8, 4) is 5.69 Å². The molecule has 0 saturated carbocycles. The molecule has 0 aliphatic carbocycles. The highest BCUT2D eigenvalue weighted by Crippen LogP contribution is 2.24. The Balaban J connectivity index is 2.08. The van der Waals surface area contributed by atoms with Crippen LogP contribution in [-0.4, -0.2) is 42.0 Å². The van der Waals surface area contributed by atoms with Crippen molar-refractivity contribution >= 4 is 28.5 Å². The molecule has 0 unspecified atom stereocenters. The summed E-state index contributed by atoms with van der Waals surface area (Å²) >= 11 is 1.07. The lowest BCUT2D eigenvalue weighted by Crippen LogP contribution is -2.03. The Labute approximate surface area is 117 Å². The van der Waals surface area contributed by atoms with Crippen molar-refractivity contribution < 1.29 is 9.90 Å². The normalized spacial score (nSPS) is 10.8. The molecule has 0 aliphatic rings. The Morgan fingerprint density at radius 1 is 1.35 bits per heavy atom. The summed E-state index contributed by atoms with van der Waals surface area (Å²) in [7, 11) is 0. The van der Waals surface area contributed by atoms with Crippen LogP contribution in [0.5, 0.6) is 0 Å². The van der Waals surface area contributed by atoms with Gasteiger partial charge in [-0.3, -0.25) is 9.78 Å². The van der Waals surface area contributed by atoms with Crippen LogP contribution in [0.2, 0.25) is 0 Å². The van der Waals surface area contributed by atoms with Gasteiger partial charge in [0.05, 0.1) is 11.4 Å². The minimum absolute atomic E-state index is 0.0939. The molecule has 3 rings (SSSR count). The number of rotatable bonds is 4. The standard InChI is InChI=1S/C12H9N5O2S/c18-11(19)7-20-12-14-15-16-17(12)10-3-1-2-8-4-5-13-6-9(8)10/h1-6H,7H2,(H,18,19). The summed E-state index contributed by atoms with van der Waals surface area (Å²) in [6.45, 7) is 0. The fourth-order valence-corrected chi connectivity index (χ4v) is 2.43. The minimum Gasteiger partial charge on any atom is -0.481 e. The summed E-state index contributed by atoms with van der Waals surface area (Å²) in [5, 5.41) is 22.5.